The van der Waals surface area contributed by atoms with Gasteiger partial charge in [0, 0.05) is 22.0 Å². The summed E-state index contributed by atoms with van der Waals surface area (Å²) in [5.74, 6) is 0.970. The lowest BCUT2D eigenvalue weighted by Crippen LogP contribution is -2.18. The van der Waals surface area contributed by atoms with E-state index in [4.69, 9.17) is 0 Å². The molecule has 16 heavy (non-hydrogen) atoms. The van der Waals surface area contributed by atoms with Gasteiger partial charge in [0.05, 0.1) is 6.54 Å². The summed E-state index contributed by atoms with van der Waals surface area (Å²) in [6, 6.07) is 8.90. The van der Waals surface area contributed by atoms with E-state index in [0.29, 0.717) is 6.04 Å². The van der Waals surface area contributed by atoms with E-state index in [0.717, 1.165) is 12.4 Å². The summed E-state index contributed by atoms with van der Waals surface area (Å²) in [4.78, 5) is 7.25. The highest BCUT2D eigenvalue weighted by Gasteiger charge is 2.04. The highest BCUT2D eigenvalue weighted by molar-refractivity contribution is 14.1. The second-order valence-electron chi connectivity index (χ2n) is 3.69. The van der Waals surface area contributed by atoms with Gasteiger partial charge in [0.1, 0.15) is 5.82 Å². The van der Waals surface area contributed by atoms with Gasteiger partial charge in [0.15, 0.2) is 0 Å². The maximum Gasteiger partial charge on any atom is 0.120 e. The zero-order valence-corrected chi connectivity index (χ0v) is 11.2. The summed E-state index contributed by atoms with van der Waals surface area (Å²) in [6.07, 6.45) is 3.61. The highest BCUT2D eigenvalue weighted by Crippen LogP contribution is 2.14. The number of hydrogen-bond donors (Lipinski definition) is 2. The van der Waals surface area contributed by atoms with Crippen molar-refractivity contribution in [2.45, 2.75) is 19.5 Å². The fourth-order valence-electron chi connectivity index (χ4n) is 1.51. The molecule has 0 aliphatic heterocycles. The molecule has 0 saturated carbocycles. The lowest BCUT2D eigenvalue weighted by molar-refractivity contribution is 0.562. The molecule has 2 aromatic rings. The van der Waals surface area contributed by atoms with E-state index in [1.54, 1.807) is 6.20 Å². The molecular weight excluding hydrogens is 313 g/mol. The van der Waals surface area contributed by atoms with Gasteiger partial charge >= 0.3 is 0 Å². The van der Waals surface area contributed by atoms with E-state index >= 15 is 0 Å². The lowest BCUT2D eigenvalue weighted by Gasteiger charge is -2.13. The van der Waals surface area contributed by atoms with Crippen molar-refractivity contribution >= 4 is 22.6 Å². The first-order valence-corrected chi connectivity index (χ1v) is 6.30. The van der Waals surface area contributed by atoms with Gasteiger partial charge in [-0.05, 0) is 47.2 Å². The van der Waals surface area contributed by atoms with Gasteiger partial charge in [0.25, 0.3) is 0 Å². The Morgan fingerprint density at radius 2 is 2.12 bits per heavy atom. The lowest BCUT2D eigenvalue weighted by atomic mass is 10.1. The Morgan fingerprint density at radius 3 is 2.75 bits per heavy atom. The van der Waals surface area contributed by atoms with Crippen LogP contribution in [-0.4, -0.2) is 9.97 Å². The summed E-state index contributed by atoms with van der Waals surface area (Å²) in [5.41, 5.74) is 1.30. The first kappa shape index (κ1) is 11.6. The topological polar surface area (TPSA) is 40.7 Å². The molecule has 0 aliphatic carbocycles. The minimum Gasteiger partial charge on any atom is -0.348 e. The monoisotopic (exact) mass is 327 g/mol. The van der Waals surface area contributed by atoms with Gasteiger partial charge in [-0.15, -0.1) is 0 Å². The zero-order chi connectivity index (χ0) is 11.4. The van der Waals surface area contributed by atoms with Crippen molar-refractivity contribution in [1.29, 1.82) is 0 Å². The third kappa shape index (κ3) is 3.05. The SMILES string of the molecule is CC(NCc1ncc[nH]1)c1ccc(I)cc1. The van der Waals surface area contributed by atoms with Crippen LogP contribution in [0, 0.1) is 3.57 Å². The molecule has 0 bridgehead atoms. The van der Waals surface area contributed by atoms with Gasteiger partial charge in [-0.1, -0.05) is 12.1 Å². The molecule has 2 rings (SSSR count). The van der Waals surface area contributed by atoms with Crippen molar-refractivity contribution in [3.05, 3.63) is 51.6 Å². The molecule has 0 spiro atoms. The Balaban J connectivity index is 1.93. The van der Waals surface area contributed by atoms with E-state index in [1.165, 1.54) is 9.13 Å². The molecule has 1 unspecified atom stereocenters. The molecule has 4 heteroatoms. The number of halogens is 1. The Bertz CT molecular complexity index is 422. The number of H-pyrrole nitrogens is 1. The minimum atomic E-state index is 0.335. The summed E-state index contributed by atoms with van der Waals surface area (Å²) in [6.45, 7) is 2.92. The van der Waals surface area contributed by atoms with Crippen LogP contribution in [-0.2, 0) is 6.54 Å². The predicted molar refractivity (Wildman–Crippen MR) is 73.0 cm³/mol. The number of rotatable bonds is 4. The fourth-order valence-corrected chi connectivity index (χ4v) is 1.87. The molecule has 0 fully saturated rings. The number of hydrogen-bond acceptors (Lipinski definition) is 2. The maximum atomic E-state index is 4.18. The summed E-state index contributed by atoms with van der Waals surface area (Å²) in [7, 11) is 0. The molecule has 84 valence electrons. The normalized spacial score (nSPS) is 12.6. The van der Waals surface area contributed by atoms with E-state index in [-0.39, 0.29) is 0 Å². The van der Waals surface area contributed by atoms with Crippen LogP contribution >= 0.6 is 22.6 Å². The number of aromatic amines is 1. The van der Waals surface area contributed by atoms with Gasteiger partial charge < -0.3 is 10.3 Å². The van der Waals surface area contributed by atoms with Crippen LogP contribution in [0.1, 0.15) is 24.4 Å². The maximum absolute atomic E-state index is 4.18. The van der Waals surface area contributed by atoms with Crippen molar-refractivity contribution in [2.75, 3.05) is 0 Å². The second-order valence-corrected chi connectivity index (χ2v) is 4.94. The van der Waals surface area contributed by atoms with Crippen LogP contribution in [0.5, 0.6) is 0 Å². The van der Waals surface area contributed by atoms with E-state index in [9.17, 15) is 0 Å². The molecule has 1 aromatic carbocycles. The Labute approximate surface area is 109 Å². The number of nitrogens with zero attached hydrogens (tertiary/aromatic N) is 1. The van der Waals surface area contributed by atoms with Gasteiger partial charge in [-0.2, -0.15) is 0 Å². The van der Waals surface area contributed by atoms with Gasteiger partial charge in [0.2, 0.25) is 0 Å². The quantitative estimate of drug-likeness (QED) is 0.848. The number of benzene rings is 1. The predicted octanol–water partition coefficient (Wildman–Crippen LogP) is 2.87. The Kier molecular flexibility index (Phi) is 3.95. The minimum absolute atomic E-state index is 0.335. The van der Waals surface area contributed by atoms with Crippen LogP contribution < -0.4 is 5.32 Å². The summed E-state index contributed by atoms with van der Waals surface area (Å²) in [5, 5.41) is 3.42. The van der Waals surface area contributed by atoms with Crippen molar-refractivity contribution < 1.29 is 0 Å². The Morgan fingerprint density at radius 1 is 1.38 bits per heavy atom. The van der Waals surface area contributed by atoms with Crippen LogP contribution in [0.3, 0.4) is 0 Å². The number of imidazole rings is 1. The van der Waals surface area contributed by atoms with Crippen molar-refractivity contribution in [2.24, 2.45) is 0 Å². The van der Waals surface area contributed by atoms with E-state index in [1.807, 2.05) is 6.20 Å². The smallest absolute Gasteiger partial charge is 0.120 e. The van der Waals surface area contributed by atoms with Gasteiger partial charge in [-0.25, -0.2) is 4.98 Å². The molecule has 2 N–H and O–H groups in total. The van der Waals surface area contributed by atoms with E-state index in [2.05, 4.69) is 69.1 Å². The highest BCUT2D eigenvalue weighted by atomic mass is 127. The molecule has 3 nitrogen and oxygen atoms in total. The third-order valence-electron chi connectivity index (χ3n) is 2.50. The summed E-state index contributed by atoms with van der Waals surface area (Å²) < 4.78 is 1.26. The number of nitrogens with one attached hydrogen (secondary N) is 2. The number of aromatic nitrogens is 2. The molecule has 0 radical (unpaired) electrons. The Hall–Kier alpha value is -0.880. The first-order valence-electron chi connectivity index (χ1n) is 5.23. The second kappa shape index (κ2) is 5.45. The van der Waals surface area contributed by atoms with Crippen LogP contribution in [0.4, 0.5) is 0 Å². The molecule has 1 heterocycles. The van der Waals surface area contributed by atoms with Crippen LogP contribution in [0.25, 0.3) is 0 Å². The van der Waals surface area contributed by atoms with Crippen LogP contribution in [0.2, 0.25) is 0 Å². The van der Waals surface area contributed by atoms with E-state index < -0.39 is 0 Å². The average Bonchev–Trinajstić information content (AvgIpc) is 2.80. The fraction of sp³-hybridized carbons (Fsp3) is 0.250. The molecule has 1 aromatic heterocycles. The molecule has 0 saturated heterocycles. The van der Waals surface area contributed by atoms with Crippen molar-refractivity contribution in [3.63, 3.8) is 0 Å². The van der Waals surface area contributed by atoms with Crippen molar-refractivity contribution in [1.82, 2.24) is 15.3 Å². The average molecular weight is 327 g/mol. The molecule has 1 atom stereocenters. The molecular formula is C12H14IN3. The zero-order valence-electron chi connectivity index (χ0n) is 9.07. The molecule has 0 amide bonds. The van der Waals surface area contributed by atoms with Crippen molar-refractivity contribution in [3.8, 4) is 0 Å². The first-order chi connectivity index (χ1) is 7.75. The van der Waals surface area contributed by atoms with Gasteiger partial charge in [-0.3, -0.25) is 0 Å². The summed E-state index contributed by atoms with van der Waals surface area (Å²) >= 11 is 2.31. The largest absolute Gasteiger partial charge is 0.348 e. The van der Waals surface area contributed by atoms with Crippen LogP contribution in [0.15, 0.2) is 36.7 Å². The third-order valence-corrected chi connectivity index (χ3v) is 3.22. The molecule has 0 aliphatic rings. The standard InChI is InChI=1S/C12H14IN3/c1-9(10-2-4-11(13)5-3-10)16-8-12-14-6-7-15-12/h2-7,9,16H,8H2,1H3,(H,14,15).